The van der Waals surface area contributed by atoms with Crippen LogP contribution >= 0.6 is 0 Å². The summed E-state index contributed by atoms with van der Waals surface area (Å²) in [6, 6.07) is 73.9. The summed E-state index contributed by atoms with van der Waals surface area (Å²) in [6.07, 6.45) is 0. The monoisotopic (exact) mass is 723 g/mol. The van der Waals surface area contributed by atoms with Gasteiger partial charge in [-0.2, -0.15) is 0 Å². The Morgan fingerprint density at radius 3 is 1.44 bits per heavy atom. The highest BCUT2D eigenvalue weighted by Crippen LogP contribution is 2.64. The normalized spacial score (nSPS) is 13.4. The average Bonchev–Trinajstić information content (AvgIpc) is 3.91. The van der Waals surface area contributed by atoms with E-state index in [0.29, 0.717) is 0 Å². The van der Waals surface area contributed by atoms with Gasteiger partial charge in [0.2, 0.25) is 0 Å². The molecule has 0 aliphatic heterocycles. The van der Waals surface area contributed by atoms with Crippen molar-refractivity contribution in [2.75, 3.05) is 4.90 Å². The van der Waals surface area contributed by atoms with E-state index in [4.69, 9.17) is 4.42 Å². The fraction of sp³-hybridized carbons (Fsp3) is 0.0182. The molecule has 1 aromatic heterocycles. The van der Waals surface area contributed by atoms with Crippen molar-refractivity contribution < 1.29 is 4.42 Å². The topological polar surface area (TPSA) is 16.4 Å². The lowest BCUT2D eigenvalue weighted by molar-refractivity contribution is 0.669. The zero-order chi connectivity index (χ0) is 37.2. The van der Waals surface area contributed by atoms with Crippen LogP contribution in [0, 0.1) is 0 Å². The first-order valence-corrected chi connectivity index (χ1v) is 19.8. The quantitative estimate of drug-likeness (QED) is 0.169. The van der Waals surface area contributed by atoms with Crippen LogP contribution in [0.1, 0.15) is 22.3 Å². The molecule has 0 fully saturated rings. The van der Waals surface area contributed by atoms with E-state index in [9.17, 15) is 0 Å². The van der Waals surface area contributed by atoms with Crippen LogP contribution < -0.4 is 4.90 Å². The lowest BCUT2D eigenvalue weighted by atomic mass is 9.70. The predicted octanol–water partition coefficient (Wildman–Crippen LogP) is 14.9. The van der Waals surface area contributed by atoms with E-state index in [-0.39, 0.29) is 0 Å². The molecule has 2 heteroatoms. The average molecular weight is 724 g/mol. The van der Waals surface area contributed by atoms with Gasteiger partial charge in [-0.1, -0.05) is 158 Å². The Bertz CT molecular complexity index is 3420. The molecule has 0 radical (unpaired) electrons. The number of fused-ring (bicyclic) bond motifs is 19. The molecule has 264 valence electrons. The SMILES string of the molecule is c1ccc2c(c1)-c1ccccc1C21c2ccccc2-c2c(N(c3ccc4oc5ccccc5c4c3)c3ccc4c5ccccc5c5ccccc5c4c3)cccc21. The van der Waals surface area contributed by atoms with Crippen LogP contribution in [-0.2, 0) is 5.41 Å². The minimum Gasteiger partial charge on any atom is -0.456 e. The van der Waals surface area contributed by atoms with E-state index in [1.54, 1.807) is 0 Å². The molecular weight excluding hydrogens is 691 g/mol. The van der Waals surface area contributed by atoms with E-state index < -0.39 is 5.41 Å². The molecule has 2 nitrogen and oxygen atoms in total. The molecule has 0 saturated carbocycles. The summed E-state index contributed by atoms with van der Waals surface area (Å²) < 4.78 is 6.38. The van der Waals surface area contributed by atoms with Crippen molar-refractivity contribution in [3.63, 3.8) is 0 Å². The number of benzene rings is 10. The van der Waals surface area contributed by atoms with Gasteiger partial charge in [0.25, 0.3) is 0 Å². The maximum absolute atomic E-state index is 6.38. The van der Waals surface area contributed by atoms with Gasteiger partial charge < -0.3 is 9.32 Å². The van der Waals surface area contributed by atoms with E-state index in [1.165, 1.54) is 76.8 Å². The fourth-order valence-electron chi connectivity index (χ4n) is 10.6. The summed E-state index contributed by atoms with van der Waals surface area (Å²) >= 11 is 0. The zero-order valence-corrected chi connectivity index (χ0v) is 30.9. The van der Waals surface area contributed by atoms with Crippen LogP contribution in [0.2, 0.25) is 0 Å². The molecule has 13 rings (SSSR count). The van der Waals surface area contributed by atoms with Gasteiger partial charge in [0.1, 0.15) is 11.2 Å². The third-order valence-electron chi connectivity index (χ3n) is 12.8. The standard InChI is InChI=1S/C55H33NO/c1-2-16-38-36(14-1)37-15-3-4-17-39(37)45-32-34(28-30-40(38)45)56(35-29-31-53-46(33-35)43-20-8-12-27-52(43)57-53)51-26-13-25-50-54(51)44-21-7-11-24-49(44)55(50)47-22-9-5-18-41(47)42-19-6-10-23-48(42)55/h1-33H. The molecule has 0 saturated heterocycles. The van der Waals surface area contributed by atoms with Gasteiger partial charge in [-0.15, -0.1) is 0 Å². The van der Waals surface area contributed by atoms with Crippen molar-refractivity contribution in [3.8, 4) is 22.3 Å². The molecule has 0 amide bonds. The predicted molar refractivity (Wildman–Crippen MR) is 237 cm³/mol. The number of hydrogen-bond donors (Lipinski definition) is 0. The molecule has 11 aromatic rings. The van der Waals surface area contributed by atoms with Crippen LogP contribution in [0.25, 0.3) is 76.5 Å². The summed E-state index contributed by atoms with van der Waals surface area (Å²) in [5.74, 6) is 0. The smallest absolute Gasteiger partial charge is 0.135 e. The highest BCUT2D eigenvalue weighted by Gasteiger charge is 2.52. The summed E-state index contributed by atoms with van der Waals surface area (Å²) in [5.41, 5.74) is 15.2. The Morgan fingerprint density at radius 1 is 0.316 bits per heavy atom. The molecule has 0 unspecified atom stereocenters. The number of furan rings is 1. The van der Waals surface area contributed by atoms with Crippen LogP contribution in [0.15, 0.2) is 205 Å². The van der Waals surface area contributed by atoms with Gasteiger partial charge in [0, 0.05) is 27.7 Å². The second-order valence-corrected chi connectivity index (χ2v) is 15.5. The van der Waals surface area contributed by atoms with Gasteiger partial charge in [-0.3, -0.25) is 0 Å². The van der Waals surface area contributed by atoms with Crippen LogP contribution in [-0.4, -0.2) is 0 Å². The third-order valence-corrected chi connectivity index (χ3v) is 12.8. The molecular formula is C55H33NO. The molecule has 2 aliphatic rings. The van der Waals surface area contributed by atoms with Crippen LogP contribution in [0.5, 0.6) is 0 Å². The largest absolute Gasteiger partial charge is 0.456 e. The van der Waals surface area contributed by atoms with Gasteiger partial charge in [-0.05, 0) is 114 Å². The van der Waals surface area contributed by atoms with Crippen molar-refractivity contribution in [2.24, 2.45) is 0 Å². The maximum Gasteiger partial charge on any atom is 0.135 e. The second-order valence-electron chi connectivity index (χ2n) is 15.5. The first kappa shape index (κ1) is 30.9. The second kappa shape index (κ2) is 11.3. The Morgan fingerprint density at radius 2 is 0.772 bits per heavy atom. The molecule has 1 heterocycles. The summed E-state index contributed by atoms with van der Waals surface area (Å²) in [7, 11) is 0. The van der Waals surface area contributed by atoms with Crippen molar-refractivity contribution in [1.29, 1.82) is 0 Å². The molecule has 2 aliphatic carbocycles. The van der Waals surface area contributed by atoms with Gasteiger partial charge in [0.15, 0.2) is 0 Å². The van der Waals surface area contributed by atoms with Crippen molar-refractivity contribution in [3.05, 3.63) is 222 Å². The summed E-state index contributed by atoms with van der Waals surface area (Å²) in [4.78, 5) is 2.49. The number of nitrogens with zero attached hydrogens (tertiary/aromatic N) is 1. The van der Waals surface area contributed by atoms with Crippen LogP contribution in [0.4, 0.5) is 17.1 Å². The minimum atomic E-state index is -0.440. The number of hydrogen-bond acceptors (Lipinski definition) is 2. The molecule has 0 atom stereocenters. The number of rotatable bonds is 3. The Hall–Kier alpha value is -7.42. The van der Waals surface area contributed by atoms with Gasteiger partial charge >= 0.3 is 0 Å². The van der Waals surface area contributed by atoms with Gasteiger partial charge in [0.05, 0.1) is 11.1 Å². The Labute approximate surface area is 329 Å². The highest BCUT2D eigenvalue weighted by molar-refractivity contribution is 6.26. The Balaban J connectivity index is 1.15. The molecule has 1 spiro atoms. The van der Waals surface area contributed by atoms with E-state index in [2.05, 4.69) is 199 Å². The lowest BCUT2D eigenvalue weighted by Gasteiger charge is -2.32. The van der Waals surface area contributed by atoms with E-state index >= 15 is 0 Å². The van der Waals surface area contributed by atoms with Crippen molar-refractivity contribution in [1.82, 2.24) is 0 Å². The summed E-state index contributed by atoms with van der Waals surface area (Å²) in [5, 5.41) is 9.79. The highest BCUT2D eigenvalue weighted by atomic mass is 16.3. The first-order chi connectivity index (χ1) is 28.3. The van der Waals surface area contributed by atoms with Crippen LogP contribution in [0.3, 0.4) is 0 Å². The molecule has 0 N–H and O–H groups in total. The first-order valence-electron chi connectivity index (χ1n) is 19.8. The third kappa shape index (κ3) is 3.99. The fourth-order valence-corrected chi connectivity index (χ4v) is 10.6. The van der Waals surface area contributed by atoms with E-state index in [1.807, 2.05) is 6.07 Å². The number of para-hydroxylation sites is 1. The molecule has 10 aromatic carbocycles. The summed E-state index contributed by atoms with van der Waals surface area (Å²) in [6.45, 7) is 0. The Kier molecular flexibility index (Phi) is 6.13. The van der Waals surface area contributed by atoms with Crippen molar-refractivity contribution in [2.45, 2.75) is 5.41 Å². The maximum atomic E-state index is 6.38. The van der Waals surface area contributed by atoms with Crippen molar-refractivity contribution >= 4 is 71.3 Å². The molecule has 57 heavy (non-hydrogen) atoms. The minimum absolute atomic E-state index is 0.440. The van der Waals surface area contributed by atoms with E-state index in [0.717, 1.165) is 39.0 Å². The zero-order valence-electron chi connectivity index (χ0n) is 30.9. The lowest BCUT2D eigenvalue weighted by Crippen LogP contribution is -2.26. The number of anilines is 3. The van der Waals surface area contributed by atoms with Gasteiger partial charge in [-0.25, -0.2) is 0 Å². The molecule has 0 bridgehead atoms.